The van der Waals surface area contributed by atoms with E-state index in [9.17, 15) is 29.7 Å². The Morgan fingerprint density at radius 1 is 1.00 bits per heavy atom. The summed E-state index contributed by atoms with van der Waals surface area (Å²) in [7, 11) is 0. The highest BCUT2D eigenvalue weighted by Crippen LogP contribution is 2.71. The van der Waals surface area contributed by atoms with Gasteiger partial charge in [-0.05, 0) is 67.8 Å². The van der Waals surface area contributed by atoms with Crippen molar-refractivity contribution in [2.24, 2.45) is 28.6 Å². The Hall–Kier alpha value is -2.17. The number of hydrogen-bond donors (Lipinski definition) is 3. The minimum absolute atomic E-state index is 0.0434. The second-order valence-corrected chi connectivity index (χ2v) is 13.9. The van der Waals surface area contributed by atoms with Crippen molar-refractivity contribution >= 4 is 18.0 Å². The van der Waals surface area contributed by atoms with Crippen LogP contribution in [0.15, 0.2) is 11.6 Å². The summed E-state index contributed by atoms with van der Waals surface area (Å²) in [5.41, 5.74) is -2.49. The fourth-order valence-electron chi connectivity index (χ4n) is 9.96. The van der Waals surface area contributed by atoms with E-state index in [1.165, 1.54) is 17.9 Å². The molecule has 222 valence electrons. The minimum Gasteiger partial charge on any atom is -0.462 e. The third-order valence-electron chi connectivity index (χ3n) is 12.0. The molecule has 3 N–H and O–H groups in total. The average molecular weight is 562 g/mol. The second kappa shape index (κ2) is 9.42. The maximum atomic E-state index is 12.7. The summed E-state index contributed by atoms with van der Waals surface area (Å²) in [5.74, 6) is -1.20. The van der Waals surface area contributed by atoms with Gasteiger partial charge >= 0.3 is 18.0 Å². The first kappa shape index (κ1) is 28.0. The molecule has 10 nitrogen and oxygen atoms in total. The van der Waals surface area contributed by atoms with Crippen molar-refractivity contribution in [1.82, 2.24) is 4.90 Å². The largest absolute Gasteiger partial charge is 0.462 e. The van der Waals surface area contributed by atoms with Crippen LogP contribution in [0, 0.1) is 28.6 Å². The van der Waals surface area contributed by atoms with Gasteiger partial charge in [-0.1, -0.05) is 13.8 Å². The summed E-state index contributed by atoms with van der Waals surface area (Å²) in [5, 5.41) is 34.5. The van der Waals surface area contributed by atoms with Crippen molar-refractivity contribution in [3.05, 3.63) is 11.6 Å². The molecule has 0 unspecified atom stereocenters. The number of aliphatic hydroxyl groups excluding tert-OH is 1. The van der Waals surface area contributed by atoms with Crippen molar-refractivity contribution in [3.8, 4) is 0 Å². The van der Waals surface area contributed by atoms with Crippen LogP contribution in [0.4, 0.5) is 4.79 Å². The van der Waals surface area contributed by atoms with E-state index in [0.29, 0.717) is 51.5 Å². The van der Waals surface area contributed by atoms with E-state index in [1.54, 1.807) is 0 Å². The van der Waals surface area contributed by atoms with Gasteiger partial charge in [0.15, 0.2) is 0 Å². The van der Waals surface area contributed by atoms with Gasteiger partial charge in [0.1, 0.15) is 18.8 Å². The first-order valence-electron chi connectivity index (χ1n) is 14.9. The Bertz CT molecular complexity index is 1120. The third kappa shape index (κ3) is 4.03. The monoisotopic (exact) mass is 561 g/mol. The first-order valence-corrected chi connectivity index (χ1v) is 14.9. The molecule has 6 rings (SSSR count). The van der Waals surface area contributed by atoms with Crippen molar-refractivity contribution in [2.75, 3.05) is 19.7 Å². The summed E-state index contributed by atoms with van der Waals surface area (Å²) >= 11 is 0. The van der Waals surface area contributed by atoms with Crippen LogP contribution in [0.3, 0.4) is 0 Å². The maximum Gasteiger partial charge on any atom is 0.410 e. The summed E-state index contributed by atoms with van der Waals surface area (Å²) in [6, 6.07) is 0. The Morgan fingerprint density at radius 2 is 1.73 bits per heavy atom. The molecule has 2 aliphatic heterocycles. The number of likely N-dealkylation sites (tertiary alicyclic amines) is 1. The Kier molecular flexibility index (Phi) is 6.59. The molecular formula is C30H43NO9. The molecule has 10 heteroatoms. The Labute approximate surface area is 235 Å². The van der Waals surface area contributed by atoms with Crippen LogP contribution in [0.1, 0.15) is 78.6 Å². The topological polar surface area (TPSA) is 143 Å². The van der Waals surface area contributed by atoms with E-state index in [4.69, 9.17) is 14.2 Å². The molecule has 5 fully saturated rings. The number of β-amino-alcohol motifs (C(OH)–C–C–N with tert-alkyl or cyclic N) is 1. The Balaban J connectivity index is 1.24. The van der Waals surface area contributed by atoms with Crippen LogP contribution in [-0.4, -0.2) is 87.5 Å². The highest BCUT2D eigenvalue weighted by atomic mass is 16.6. The molecule has 0 radical (unpaired) electrons. The molecule has 0 aromatic heterocycles. The van der Waals surface area contributed by atoms with Crippen molar-refractivity contribution < 1.29 is 43.9 Å². The highest BCUT2D eigenvalue weighted by molar-refractivity contribution is 5.85. The highest BCUT2D eigenvalue weighted by Gasteiger charge is 2.72. The molecule has 0 spiro atoms. The quantitative estimate of drug-likeness (QED) is 0.350. The maximum absolute atomic E-state index is 12.7. The molecule has 0 bridgehead atoms. The lowest BCUT2D eigenvalue weighted by Crippen LogP contribution is -2.67. The minimum atomic E-state index is -1.14. The number of esters is 2. The fourth-order valence-corrected chi connectivity index (χ4v) is 9.96. The number of fused-ring (bicyclic) bond motifs is 5. The normalized spacial score (nSPS) is 48.0. The van der Waals surface area contributed by atoms with Gasteiger partial charge in [0, 0.05) is 50.3 Å². The van der Waals surface area contributed by atoms with E-state index in [1.807, 2.05) is 0 Å². The van der Waals surface area contributed by atoms with Gasteiger partial charge in [0.2, 0.25) is 0 Å². The van der Waals surface area contributed by atoms with Gasteiger partial charge in [-0.25, -0.2) is 9.59 Å². The lowest BCUT2D eigenvalue weighted by molar-refractivity contribution is -0.255. The molecule has 6 aliphatic rings. The molecule has 4 saturated carbocycles. The van der Waals surface area contributed by atoms with Crippen LogP contribution in [-0.2, 0) is 23.8 Å². The zero-order valence-electron chi connectivity index (χ0n) is 23.8. The van der Waals surface area contributed by atoms with Gasteiger partial charge < -0.3 is 34.4 Å². The lowest BCUT2D eigenvalue weighted by atomic mass is 9.42. The van der Waals surface area contributed by atoms with Crippen molar-refractivity contribution in [3.63, 3.8) is 0 Å². The van der Waals surface area contributed by atoms with Crippen molar-refractivity contribution in [1.29, 1.82) is 0 Å². The molecule has 0 aromatic carbocycles. The molecule has 1 saturated heterocycles. The SMILES string of the molecule is CC(=O)O[C@H]1C[C@]2(O)[C@@H]3CC[C@]4(O)C[C@@H](OC(=O)N5CC[C@H](O)C5)CC[C@]4(C)[C@H]3CC[C@]2(C)[C@H]1C1=CC(=O)OC1. The van der Waals surface area contributed by atoms with E-state index < -0.39 is 58.4 Å². The average Bonchev–Trinajstić information content (AvgIpc) is 3.55. The van der Waals surface area contributed by atoms with Crippen LogP contribution < -0.4 is 0 Å². The fraction of sp³-hybridized carbons (Fsp3) is 0.833. The summed E-state index contributed by atoms with van der Waals surface area (Å²) in [6.07, 6.45) is 4.64. The zero-order valence-corrected chi connectivity index (χ0v) is 23.8. The lowest BCUT2D eigenvalue weighted by Gasteiger charge is -2.66. The van der Waals surface area contributed by atoms with E-state index in [2.05, 4.69) is 13.8 Å². The third-order valence-corrected chi connectivity index (χ3v) is 12.0. The summed E-state index contributed by atoms with van der Waals surface area (Å²) in [4.78, 5) is 38.3. The standard InChI is InChI=1S/C30H43NO9/c1-17(32)39-23-14-30(37)22-6-10-29(36)13-20(40-26(35)31-11-7-19(33)15-31)4-8-27(29,2)21(22)5-9-28(30,3)25(23)18-12-24(34)38-16-18/h12,19-23,25,33,36-37H,4-11,13-16H2,1-3H3/t19-,20-,21-,22+,23-,25-,27+,28+,29-,30-/m0/s1. The summed E-state index contributed by atoms with van der Waals surface area (Å²) < 4.78 is 16.9. The summed E-state index contributed by atoms with van der Waals surface area (Å²) in [6.45, 7) is 6.47. The van der Waals surface area contributed by atoms with E-state index >= 15 is 0 Å². The Morgan fingerprint density at radius 3 is 2.38 bits per heavy atom. The van der Waals surface area contributed by atoms with Gasteiger partial charge in [0.25, 0.3) is 0 Å². The number of nitrogens with zero attached hydrogens (tertiary/aromatic N) is 1. The number of hydrogen-bond acceptors (Lipinski definition) is 9. The number of rotatable bonds is 3. The van der Waals surface area contributed by atoms with Crippen molar-refractivity contribution in [2.45, 2.75) is 108 Å². The predicted molar refractivity (Wildman–Crippen MR) is 141 cm³/mol. The van der Waals surface area contributed by atoms with Gasteiger partial charge in [0.05, 0.1) is 17.3 Å². The van der Waals surface area contributed by atoms with Crippen LogP contribution >= 0.6 is 0 Å². The molecule has 40 heavy (non-hydrogen) atoms. The smallest absolute Gasteiger partial charge is 0.410 e. The number of carbonyl (C=O) groups excluding carboxylic acids is 3. The number of aliphatic hydroxyl groups is 3. The van der Waals surface area contributed by atoms with Crippen LogP contribution in [0.2, 0.25) is 0 Å². The molecular weight excluding hydrogens is 518 g/mol. The van der Waals surface area contributed by atoms with Gasteiger partial charge in [-0.2, -0.15) is 0 Å². The number of ether oxygens (including phenoxy) is 3. The second-order valence-electron chi connectivity index (χ2n) is 13.9. The van der Waals surface area contributed by atoms with Gasteiger partial charge in [-0.3, -0.25) is 4.79 Å². The number of carbonyl (C=O) groups is 3. The predicted octanol–water partition coefficient (Wildman–Crippen LogP) is 2.47. The molecule has 1 amide bonds. The van der Waals surface area contributed by atoms with Crippen LogP contribution in [0.5, 0.6) is 0 Å². The van der Waals surface area contributed by atoms with E-state index in [-0.39, 0.29) is 37.3 Å². The van der Waals surface area contributed by atoms with E-state index in [0.717, 1.165) is 12.0 Å². The van der Waals surface area contributed by atoms with Crippen LogP contribution in [0.25, 0.3) is 0 Å². The molecule has 10 atom stereocenters. The zero-order chi connectivity index (χ0) is 28.7. The molecule has 0 aromatic rings. The number of cyclic esters (lactones) is 1. The molecule has 4 aliphatic carbocycles. The molecule has 2 heterocycles. The van der Waals surface area contributed by atoms with Gasteiger partial charge in [-0.15, -0.1) is 0 Å². The first-order chi connectivity index (χ1) is 18.8. The number of amides is 1.